The van der Waals surface area contributed by atoms with E-state index in [1.165, 1.54) is 23.9 Å². The zero-order valence-corrected chi connectivity index (χ0v) is 22.6. The Bertz CT molecular complexity index is 1500. The maximum absolute atomic E-state index is 12.4. The summed E-state index contributed by atoms with van der Waals surface area (Å²) in [6.45, 7) is 0.582. The molecular formula is C30H25NO6S2. The lowest BCUT2D eigenvalue weighted by atomic mass is 10.1. The molecule has 7 nitrogen and oxygen atoms in total. The summed E-state index contributed by atoms with van der Waals surface area (Å²) in [5, 5.41) is 19.0. The van der Waals surface area contributed by atoms with Crippen molar-refractivity contribution in [2.24, 2.45) is 0 Å². The number of hydrogen-bond donors (Lipinski definition) is 2. The van der Waals surface area contributed by atoms with Gasteiger partial charge >= 0.3 is 5.97 Å². The minimum absolute atomic E-state index is 0.0507. The van der Waals surface area contributed by atoms with E-state index >= 15 is 0 Å². The Morgan fingerprint density at radius 2 is 1.72 bits per heavy atom. The molecule has 0 aliphatic rings. The lowest BCUT2D eigenvalue weighted by molar-refractivity contribution is -0.104. The van der Waals surface area contributed by atoms with E-state index in [1.54, 1.807) is 48.5 Å². The number of benzene rings is 3. The van der Waals surface area contributed by atoms with Gasteiger partial charge < -0.3 is 24.3 Å². The van der Waals surface area contributed by atoms with Crippen molar-refractivity contribution < 1.29 is 29.0 Å². The molecule has 4 aromatic rings. The molecule has 1 aromatic heterocycles. The Morgan fingerprint density at radius 3 is 2.41 bits per heavy atom. The van der Waals surface area contributed by atoms with Crippen LogP contribution < -0.4 is 0 Å². The third-order valence-electron chi connectivity index (χ3n) is 5.62. The van der Waals surface area contributed by atoms with Crippen molar-refractivity contribution in [3.05, 3.63) is 112 Å². The zero-order valence-electron chi connectivity index (χ0n) is 20.9. The van der Waals surface area contributed by atoms with E-state index in [4.69, 9.17) is 21.4 Å². The molecule has 0 fully saturated rings. The number of aromatic hydroxyl groups is 2. The highest BCUT2D eigenvalue weighted by atomic mass is 32.2. The Kier molecular flexibility index (Phi) is 9.19. The van der Waals surface area contributed by atoms with Crippen LogP contribution in [0.3, 0.4) is 0 Å². The van der Waals surface area contributed by atoms with Crippen molar-refractivity contribution in [3.63, 3.8) is 0 Å². The van der Waals surface area contributed by atoms with Crippen LogP contribution in [0.1, 0.15) is 27.2 Å². The predicted octanol–water partition coefficient (Wildman–Crippen LogP) is 6.40. The molecule has 0 saturated heterocycles. The minimum atomic E-state index is -0.530. The fourth-order valence-electron chi connectivity index (χ4n) is 3.58. The number of hydrogen-bond acceptors (Lipinski definition) is 8. The molecule has 39 heavy (non-hydrogen) atoms. The number of thioether (sulfide) groups is 1. The maximum Gasteiger partial charge on any atom is 0.338 e. The summed E-state index contributed by atoms with van der Waals surface area (Å²) in [6.07, 6.45) is 2.38. The Hall–Kier alpha value is -4.34. The van der Waals surface area contributed by atoms with Gasteiger partial charge in [-0.15, -0.1) is 0 Å². The molecule has 0 spiro atoms. The van der Waals surface area contributed by atoms with Gasteiger partial charge in [-0.2, -0.15) is 0 Å². The molecule has 0 aliphatic heterocycles. The van der Waals surface area contributed by atoms with Gasteiger partial charge in [0.1, 0.15) is 22.4 Å². The monoisotopic (exact) mass is 559 g/mol. The first-order valence-corrected chi connectivity index (χ1v) is 13.1. The topological polar surface area (TPSA) is 100 Å². The quantitative estimate of drug-likeness (QED) is 0.0793. The molecule has 0 aliphatic carbocycles. The van der Waals surface area contributed by atoms with Crippen molar-refractivity contribution in [1.82, 2.24) is 4.90 Å². The number of carbonyl (C=O) groups excluding carboxylic acids is 2. The molecule has 2 N–H and O–H groups in total. The van der Waals surface area contributed by atoms with Crippen molar-refractivity contribution >= 4 is 46.6 Å². The number of rotatable bonds is 9. The summed E-state index contributed by atoms with van der Waals surface area (Å²) in [4.78, 5) is 26.4. The molecule has 3 aromatic carbocycles. The van der Waals surface area contributed by atoms with Gasteiger partial charge in [0.05, 0.1) is 10.5 Å². The van der Waals surface area contributed by atoms with Crippen molar-refractivity contribution in [2.45, 2.75) is 13.2 Å². The highest BCUT2D eigenvalue weighted by Gasteiger charge is 2.12. The van der Waals surface area contributed by atoms with E-state index in [2.05, 4.69) is 0 Å². The summed E-state index contributed by atoms with van der Waals surface area (Å²) in [5.41, 5.74) is 2.75. The second kappa shape index (κ2) is 12.9. The second-order valence-electron chi connectivity index (χ2n) is 8.55. The highest BCUT2D eigenvalue weighted by molar-refractivity contribution is 8.26. The van der Waals surface area contributed by atoms with Gasteiger partial charge in [0, 0.05) is 19.2 Å². The lowest BCUT2D eigenvalue weighted by Gasteiger charge is -2.19. The largest absolute Gasteiger partial charge is 0.504 e. The van der Waals surface area contributed by atoms with Crippen LogP contribution in [0.15, 0.2) is 94.3 Å². The van der Waals surface area contributed by atoms with E-state index in [9.17, 15) is 19.8 Å². The summed E-state index contributed by atoms with van der Waals surface area (Å²) in [6, 6.07) is 24.4. The average Bonchev–Trinajstić information content (AvgIpc) is 3.42. The van der Waals surface area contributed by atoms with Crippen LogP contribution in [-0.2, 0) is 22.7 Å². The molecule has 0 radical (unpaired) electrons. The van der Waals surface area contributed by atoms with Gasteiger partial charge in [-0.1, -0.05) is 72.5 Å². The third-order valence-corrected chi connectivity index (χ3v) is 7.12. The number of carbonyl (C=O) groups is 2. The third kappa shape index (κ3) is 7.59. The number of allylic oxidation sites excluding steroid dienone is 1. The minimum Gasteiger partial charge on any atom is -0.504 e. The Balaban J connectivity index is 1.35. The van der Waals surface area contributed by atoms with E-state index < -0.39 is 5.97 Å². The van der Waals surface area contributed by atoms with E-state index in [-0.39, 0.29) is 18.1 Å². The lowest BCUT2D eigenvalue weighted by Crippen LogP contribution is -2.21. The zero-order chi connectivity index (χ0) is 27.8. The standard InChI is InChI=1S/C30H25NO6S2/c1-31(17-20-5-3-2-4-6-20)30(38)39-25(18-32)16-24-12-14-28(37-24)22-8-10-23(11-9-22)29(35)36-19-21-7-13-26(33)27(34)15-21/h2-16,18,33-34H,17,19H2,1H3/b25-16+. The SMILES string of the molecule is CN(Cc1ccccc1)C(=S)S/C(C=O)=C/c1ccc(-c2ccc(C(=O)OCc3ccc(O)c(O)c3)cc2)o1. The molecule has 4 rings (SSSR count). The van der Waals surface area contributed by atoms with Crippen LogP contribution in [0, 0.1) is 0 Å². The van der Waals surface area contributed by atoms with Gasteiger partial charge in [0.25, 0.3) is 0 Å². The molecule has 0 amide bonds. The average molecular weight is 560 g/mol. The normalized spacial score (nSPS) is 11.2. The molecule has 9 heteroatoms. The number of phenols is 2. The number of furan rings is 1. The summed E-state index contributed by atoms with van der Waals surface area (Å²) >= 11 is 6.70. The van der Waals surface area contributed by atoms with E-state index in [1.807, 2.05) is 42.3 Å². The summed E-state index contributed by atoms with van der Waals surface area (Å²) < 4.78 is 11.7. The Labute approximate surface area is 235 Å². The van der Waals surface area contributed by atoms with E-state index in [0.29, 0.717) is 38.4 Å². The van der Waals surface area contributed by atoms with Crippen LogP contribution >= 0.6 is 24.0 Å². The van der Waals surface area contributed by atoms with Crippen LogP contribution in [-0.4, -0.2) is 38.7 Å². The number of thiocarbonyl (C=S) groups is 1. The predicted molar refractivity (Wildman–Crippen MR) is 155 cm³/mol. The number of nitrogens with zero attached hydrogens (tertiary/aromatic N) is 1. The number of phenolic OH excluding ortho intramolecular Hbond substituents is 2. The first-order chi connectivity index (χ1) is 18.8. The molecule has 0 bridgehead atoms. The summed E-state index contributed by atoms with van der Waals surface area (Å²) in [5.74, 6) is 0.0114. The second-order valence-corrected chi connectivity index (χ2v) is 10.3. The fraction of sp³-hybridized carbons (Fsp3) is 0.100. The molecule has 0 saturated carbocycles. The van der Waals surface area contributed by atoms with Crippen LogP contribution in [0.2, 0.25) is 0 Å². The van der Waals surface area contributed by atoms with Gasteiger partial charge in [-0.25, -0.2) is 4.79 Å². The maximum atomic E-state index is 12.4. The smallest absolute Gasteiger partial charge is 0.338 e. The molecule has 198 valence electrons. The van der Waals surface area contributed by atoms with Gasteiger partial charge in [0.2, 0.25) is 0 Å². The van der Waals surface area contributed by atoms with Crippen molar-refractivity contribution in [3.8, 4) is 22.8 Å². The first kappa shape index (κ1) is 27.7. The van der Waals surface area contributed by atoms with Crippen LogP contribution in [0.5, 0.6) is 11.5 Å². The number of aldehydes is 1. The van der Waals surface area contributed by atoms with Crippen molar-refractivity contribution in [1.29, 1.82) is 0 Å². The summed E-state index contributed by atoms with van der Waals surface area (Å²) in [7, 11) is 1.88. The van der Waals surface area contributed by atoms with Gasteiger partial charge in [0.15, 0.2) is 17.8 Å². The molecule has 1 heterocycles. The van der Waals surface area contributed by atoms with Crippen molar-refractivity contribution in [2.75, 3.05) is 7.05 Å². The fourth-order valence-corrected chi connectivity index (χ4v) is 4.57. The highest BCUT2D eigenvalue weighted by Crippen LogP contribution is 2.28. The molecular weight excluding hydrogens is 534 g/mol. The number of ether oxygens (including phenoxy) is 1. The van der Waals surface area contributed by atoms with E-state index in [0.717, 1.165) is 17.4 Å². The Morgan fingerprint density at radius 1 is 0.974 bits per heavy atom. The van der Waals surface area contributed by atoms with Crippen LogP contribution in [0.4, 0.5) is 0 Å². The number of esters is 1. The molecule has 0 atom stereocenters. The first-order valence-electron chi connectivity index (χ1n) is 11.8. The van der Waals surface area contributed by atoms with Gasteiger partial charge in [-0.3, -0.25) is 4.79 Å². The molecule has 0 unspecified atom stereocenters. The van der Waals surface area contributed by atoms with Crippen LogP contribution in [0.25, 0.3) is 17.4 Å². The van der Waals surface area contributed by atoms with Gasteiger partial charge in [-0.05, 0) is 53.6 Å².